The van der Waals surface area contributed by atoms with Gasteiger partial charge in [0.15, 0.2) is 0 Å². The number of carbonyl (C=O) groups excluding carboxylic acids is 1. The van der Waals surface area contributed by atoms with Crippen LogP contribution in [0, 0.1) is 11.3 Å². The van der Waals surface area contributed by atoms with Crippen LogP contribution < -0.4 is 5.73 Å². The van der Waals surface area contributed by atoms with Gasteiger partial charge in [0, 0.05) is 6.20 Å². The number of nitriles is 1. The molecule has 53 valence electrons. The summed E-state index contributed by atoms with van der Waals surface area (Å²) in [5.74, 6) is -0.790. The van der Waals surface area contributed by atoms with Crippen molar-refractivity contribution in [1.29, 1.82) is 5.26 Å². The number of carbonyl (C=O) groups is 1. The number of nitrogens with one attached hydrogen (secondary N) is 1. The molecule has 1 rings (SSSR count). The van der Waals surface area contributed by atoms with Crippen LogP contribution in [0.15, 0.2) is 18.3 Å². The molecule has 0 spiro atoms. The highest BCUT2D eigenvalue weighted by Gasteiger charge is 1.99. The number of pyridine rings is 1. The third-order valence-electron chi connectivity index (χ3n) is 1.14. The van der Waals surface area contributed by atoms with Gasteiger partial charge >= 0.3 is 0 Å². The number of rotatable bonds is 1. The smallest absolute Gasteiger partial charge is 0.267 e. The standard InChI is InChI=1S/C7H4N3O/c8-3-6-2-1-5(4-10-6)7(9)11/h1-2,4,9H. The van der Waals surface area contributed by atoms with Crippen molar-refractivity contribution in [1.82, 2.24) is 10.7 Å². The van der Waals surface area contributed by atoms with Crippen molar-refractivity contribution >= 4 is 5.91 Å². The summed E-state index contributed by atoms with van der Waals surface area (Å²) in [4.78, 5) is 14.0. The lowest BCUT2D eigenvalue weighted by molar-refractivity contribution is 0.0991. The molecule has 0 fully saturated rings. The predicted molar refractivity (Wildman–Crippen MR) is 36.4 cm³/mol. The Morgan fingerprint density at radius 1 is 1.64 bits per heavy atom. The van der Waals surface area contributed by atoms with Crippen molar-refractivity contribution in [2.45, 2.75) is 0 Å². The molecular weight excluding hydrogens is 142 g/mol. The van der Waals surface area contributed by atoms with Crippen LogP contribution in [0.4, 0.5) is 0 Å². The normalized spacial score (nSPS) is 8.64. The van der Waals surface area contributed by atoms with Crippen molar-refractivity contribution in [2.24, 2.45) is 0 Å². The van der Waals surface area contributed by atoms with Crippen LogP contribution >= 0.6 is 0 Å². The Morgan fingerprint density at radius 2 is 2.36 bits per heavy atom. The Morgan fingerprint density at radius 3 is 2.73 bits per heavy atom. The van der Waals surface area contributed by atoms with E-state index in [1.807, 2.05) is 6.07 Å². The molecule has 1 N–H and O–H groups in total. The highest BCUT2D eigenvalue weighted by Crippen LogP contribution is 1.97. The van der Waals surface area contributed by atoms with Gasteiger partial charge < -0.3 is 0 Å². The minimum Gasteiger partial charge on any atom is -0.267 e. The van der Waals surface area contributed by atoms with E-state index < -0.39 is 5.91 Å². The predicted octanol–water partition coefficient (Wildman–Crippen LogP) is 0.376. The zero-order valence-electron chi connectivity index (χ0n) is 5.53. The van der Waals surface area contributed by atoms with Crippen molar-refractivity contribution in [3.05, 3.63) is 29.6 Å². The summed E-state index contributed by atoms with van der Waals surface area (Å²) in [5, 5.41) is 8.32. The maximum Gasteiger partial charge on any atom is 0.271 e. The Kier molecular flexibility index (Phi) is 1.83. The van der Waals surface area contributed by atoms with E-state index in [1.165, 1.54) is 18.3 Å². The summed E-state index contributed by atoms with van der Waals surface area (Å²) in [5.41, 5.74) is 7.13. The molecule has 1 heterocycles. The van der Waals surface area contributed by atoms with Gasteiger partial charge in [0.2, 0.25) is 0 Å². The Balaban J connectivity index is 3.03. The van der Waals surface area contributed by atoms with Gasteiger partial charge in [-0.2, -0.15) is 5.26 Å². The Hall–Kier alpha value is -1.89. The van der Waals surface area contributed by atoms with E-state index in [2.05, 4.69) is 4.98 Å². The lowest BCUT2D eigenvalue weighted by Crippen LogP contribution is -1.99. The molecule has 4 nitrogen and oxygen atoms in total. The third-order valence-corrected chi connectivity index (χ3v) is 1.14. The van der Waals surface area contributed by atoms with Crippen molar-refractivity contribution in [2.75, 3.05) is 0 Å². The summed E-state index contributed by atoms with van der Waals surface area (Å²) < 4.78 is 0. The van der Waals surface area contributed by atoms with Gasteiger partial charge in [0.05, 0.1) is 5.56 Å². The van der Waals surface area contributed by atoms with E-state index >= 15 is 0 Å². The van der Waals surface area contributed by atoms with Gasteiger partial charge in [-0.05, 0) is 12.1 Å². The zero-order chi connectivity index (χ0) is 8.27. The molecule has 1 aromatic heterocycles. The van der Waals surface area contributed by atoms with E-state index in [1.54, 1.807) is 0 Å². The number of hydrogen-bond acceptors (Lipinski definition) is 3. The summed E-state index contributed by atoms with van der Waals surface area (Å²) in [6.07, 6.45) is 1.22. The highest BCUT2D eigenvalue weighted by molar-refractivity contribution is 5.91. The van der Waals surface area contributed by atoms with Crippen LogP contribution in [-0.2, 0) is 0 Å². The summed E-state index contributed by atoms with van der Waals surface area (Å²) in [6, 6.07) is 4.62. The van der Waals surface area contributed by atoms with Gasteiger partial charge in [0.25, 0.3) is 5.91 Å². The van der Waals surface area contributed by atoms with Gasteiger partial charge in [-0.25, -0.2) is 4.98 Å². The number of hydrogen-bond donors (Lipinski definition) is 0. The molecular formula is C7H4N3O. The number of nitrogens with zero attached hydrogens (tertiary/aromatic N) is 2. The van der Waals surface area contributed by atoms with Crippen molar-refractivity contribution < 1.29 is 4.79 Å². The summed E-state index contributed by atoms with van der Waals surface area (Å²) in [6.45, 7) is 0. The van der Waals surface area contributed by atoms with Crippen LogP contribution in [0.2, 0.25) is 0 Å². The van der Waals surface area contributed by atoms with Gasteiger partial charge in [-0.3, -0.25) is 10.5 Å². The van der Waals surface area contributed by atoms with E-state index in [0.29, 0.717) is 0 Å². The second-order valence-electron chi connectivity index (χ2n) is 1.87. The van der Waals surface area contributed by atoms with Crippen LogP contribution in [0.5, 0.6) is 0 Å². The van der Waals surface area contributed by atoms with Gasteiger partial charge in [-0.1, -0.05) is 0 Å². The van der Waals surface area contributed by atoms with Crippen LogP contribution in [0.1, 0.15) is 16.1 Å². The monoisotopic (exact) mass is 146 g/mol. The minimum absolute atomic E-state index is 0.198. The van der Waals surface area contributed by atoms with E-state index in [9.17, 15) is 4.79 Å². The number of aromatic nitrogens is 1. The molecule has 1 radical (unpaired) electrons. The molecule has 0 saturated heterocycles. The highest BCUT2D eigenvalue weighted by atomic mass is 16.1. The fourth-order valence-electron chi connectivity index (χ4n) is 0.594. The van der Waals surface area contributed by atoms with Crippen LogP contribution in [0.25, 0.3) is 0 Å². The molecule has 1 amide bonds. The first-order valence-corrected chi connectivity index (χ1v) is 2.86. The molecule has 0 aliphatic heterocycles. The molecule has 0 aromatic carbocycles. The topological polar surface area (TPSA) is 77.5 Å². The van der Waals surface area contributed by atoms with E-state index in [4.69, 9.17) is 11.0 Å². The fraction of sp³-hybridized carbons (Fsp3) is 0. The van der Waals surface area contributed by atoms with E-state index in [0.717, 1.165) is 0 Å². The molecule has 1 aromatic rings. The van der Waals surface area contributed by atoms with Crippen LogP contribution in [-0.4, -0.2) is 10.9 Å². The fourth-order valence-corrected chi connectivity index (χ4v) is 0.594. The molecule has 0 aliphatic carbocycles. The molecule has 0 atom stereocenters. The SMILES string of the molecule is N#Cc1ccc(C([NH])=O)cn1. The molecule has 0 bridgehead atoms. The molecule has 11 heavy (non-hydrogen) atoms. The first-order chi connectivity index (χ1) is 5.24. The summed E-state index contributed by atoms with van der Waals surface area (Å²) in [7, 11) is 0. The first-order valence-electron chi connectivity index (χ1n) is 2.86. The maximum absolute atomic E-state index is 10.4. The number of amides is 1. The van der Waals surface area contributed by atoms with Crippen LogP contribution in [0.3, 0.4) is 0 Å². The first kappa shape index (κ1) is 7.22. The largest absolute Gasteiger partial charge is 0.271 e. The minimum atomic E-state index is -0.790. The van der Waals surface area contributed by atoms with Gasteiger partial charge in [-0.15, -0.1) is 0 Å². The Bertz CT molecular complexity index is 309. The zero-order valence-corrected chi connectivity index (χ0v) is 5.53. The van der Waals surface area contributed by atoms with E-state index in [-0.39, 0.29) is 11.3 Å². The third kappa shape index (κ3) is 1.52. The second-order valence-corrected chi connectivity index (χ2v) is 1.87. The molecule has 0 aliphatic rings. The van der Waals surface area contributed by atoms with Crippen molar-refractivity contribution in [3.63, 3.8) is 0 Å². The van der Waals surface area contributed by atoms with Gasteiger partial charge in [0.1, 0.15) is 11.8 Å². The molecule has 0 saturated carbocycles. The van der Waals surface area contributed by atoms with Crippen molar-refractivity contribution in [3.8, 4) is 6.07 Å². The molecule has 4 heteroatoms. The lowest BCUT2D eigenvalue weighted by Gasteiger charge is -1.90. The lowest BCUT2D eigenvalue weighted by atomic mass is 10.2. The average Bonchev–Trinajstić information content (AvgIpc) is 2.05. The molecule has 0 unspecified atom stereocenters. The quantitative estimate of drug-likeness (QED) is 0.574. The Labute approximate surface area is 63.3 Å². The maximum atomic E-state index is 10.4. The summed E-state index contributed by atoms with van der Waals surface area (Å²) >= 11 is 0. The second kappa shape index (κ2) is 2.80. The average molecular weight is 146 g/mol.